The van der Waals surface area contributed by atoms with Gasteiger partial charge in [0, 0.05) is 11.3 Å². The molecular weight excluding hydrogens is 388 g/mol. The first kappa shape index (κ1) is 22.5. The summed E-state index contributed by atoms with van der Waals surface area (Å²) in [6.45, 7) is 3.38. The molecule has 0 aromatic heterocycles. The van der Waals surface area contributed by atoms with Gasteiger partial charge >= 0.3 is 5.97 Å². The lowest BCUT2D eigenvalue weighted by Gasteiger charge is -2.18. The molecule has 0 aliphatic carbocycles. The standard InChI is InChI=1S/C22H26N2O4S/c1-15-8-7-9-16(2)20(15)24-19(25)14-28-22(27)18(12-13-29-3)23-21(26)17-10-5-4-6-11-17/h4-11,18H,12-14H2,1-3H3,(H,23,26)(H,24,25)/t18-/m0/s1. The number of esters is 1. The van der Waals surface area contributed by atoms with E-state index in [9.17, 15) is 14.4 Å². The van der Waals surface area contributed by atoms with Gasteiger partial charge in [0.05, 0.1) is 0 Å². The van der Waals surface area contributed by atoms with Crippen LogP contribution < -0.4 is 10.6 Å². The van der Waals surface area contributed by atoms with Crippen molar-refractivity contribution >= 4 is 35.2 Å². The number of benzene rings is 2. The largest absolute Gasteiger partial charge is 0.454 e. The van der Waals surface area contributed by atoms with Crippen molar-refractivity contribution in [2.45, 2.75) is 26.3 Å². The molecule has 0 unspecified atom stereocenters. The minimum atomic E-state index is -0.817. The van der Waals surface area contributed by atoms with Crippen LogP contribution >= 0.6 is 11.8 Å². The number of nitrogens with one attached hydrogen (secondary N) is 2. The molecule has 2 aromatic carbocycles. The van der Waals surface area contributed by atoms with Crippen LogP contribution in [0.5, 0.6) is 0 Å². The van der Waals surface area contributed by atoms with Gasteiger partial charge in [0.15, 0.2) is 6.61 Å². The summed E-state index contributed by atoms with van der Waals surface area (Å²) < 4.78 is 5.18. The van der Waals surface area contributed by atoms with Crippen LogP contribution in [0, 0.1) is 13.8 Å². The second kappa shape index (κ2) is 11.3. The zero-order valence-electron chi connectivity index (χ0n) is 16.9. The molecule has 2 rings (SSSR count). The first-order valence-electron chi connectivity index (χ1n) is 9.30. The number of carbonyl (C=O) groups is 3. The van der Waals surface area contributed by atoms with Crippen molar-refractivity contribution in [1.82, 2.24) is 5.32 Å². The lowest BCUT2D eigenvalue weighted by molar-refractivity contribution is -0.149. The van der Waals surface area contributed by atoms with E-state index in [1.165, 1.54) is 0 Å². The normalized spacial score (nSPS) is 11.4. The predicted molar refractivity (Wildman–Crippen MR) is 116 cm³/mol. The van der Waals surface area contributed by atoms with Crippen molar-refractivity contribution < 1.29 is 19.1 Å². The van der Waals surface area contributed by atoms with E-state index in [1.54, 1.807) is 36.0 Å². The molecule has 7 heteroatoms. The minimum absolute atomic E-state index is 0.353. The fourth-order valence-electron chi connectivity index (χ4n) is 2.74. The van der Waals surface area contributed by atoms with Gasteiger partial charge < -0.3 is 15.4 Å². The van der Waals surface area contributed by atoms with E-state index in [1.807, 2.05) is 44.4 Å². The molecule has 1 atom stereocenters. The molecule has 154 valence electrons. The van der Waals surface area contributed by atoms with Crippen molar-refractivity contribution in [2.75, 3.05) is 23.9 Å². The summed E-state index contributed by atoms with van der Waals surface area (Å²) in [5.41, 5.74) is 3.03. The van der Waals surface area contributed by atoms with Crippen molar-refractivity contribution in [3.05, 3.63) is 65.2 Å². The molecule has 0 aliphatic rings. The second-order valence-corrected chi connectivity index (χ2v) is 7.58. The first-order chi connectivity index (χ1) is 13.9. The summed E-state index contributed by atoms with van der Waals surface area (Å²) in [5.74, 6) is -0.730. The van der Waals surface area contributed by atoms with Crippen molar-refractivity contribution in [2.24, 2.45) is 0 Å². The Kier molecular flexibility index (Phi) is 8.73. The number of ether oxygens (including phenoxy) is 1. The van der Waals surface area contributed by atoms with Gasteiger partial charge in [0.2, 0.25) is 0 Å². The van der Waals surface area contributed by atoms with Crippen LogP contribution in [-0.4, -0.2) is 42.4 Å². The van der Waals surface area contributed by atoms with E-state index in [2.05, 4.69) is 10.6 Å². The number of thioether (sulfide) groups is 1. The number of aryl methyl sites for hydroxylation is 2. The number of carbonyl (C=O) groups excluding carboxylic acids is 3. The average Bonchev–Trinajstić information content (AvgIpc) is 2.72. The molecule has 0 bridgehead atoms. The Morgan fingerprint density at radius 1 is 1.00 bits per heavy atom. The molecule has 0 heterocycles. The number of anilines is 1. The zero-order chi connectivity index (χ0) is 21.2. The Bertz CT molecular complexity index is 835. The summed E-state index contributed by atoms with van der Waals surface area (Å²) in [5, 5.41) is 5.48. The first-order valence-corrected chi connectivity index (χ1v) is 10.7. The molecule has 0 fully saturated rings. The maximum absolute atomic E-state index is 12.5. The Hall–Kier alpha value is -2.80. The van der Waals surface area contributed by atoms with Gasteiger partial charge in [-0.3, -0.25) is 9.59 Å². The maximum atomic E-state index is 12.5. The average molecular weight is 415 g/mol. The van der Waals surface area contributed by atoms with Crippen molar-refractivity contribution in [1.29, 1.82) is 0 Å². The lowest BCUT2D eigenvalue weighted by atomic mass is 10.1. The molecule has 0 radical (unpaired) electrons. The third-order valence-corrected chi connectivity index (χ3v) is 4.97. The second-order valence-electron chi connectivity index (χ2n) is 6.60. The van der Waals surface area contributed by atoms with Crippen molar-refractivity contribution in [3.8, 4) is 0 Å². The van der Waals surface area contributed by atoms with E-state index < -0.39 is 24.5 Å². The van der Waals surface area contributed by atoms with Crippen LogP contribution in [0.3, 0.4) is 0 Å². The maximum Gasteiger partial charge on any atom is 0.329 e. The summed E-state index contributed by atoms with van der Waals surface area (Å²) in [7, 11) is 0. The smallest absolute Gasteiger partial charge is 0.329 e. The Morgan fingerprint density at radius 3 is 2.28 bits per heavy atom. The molecule has 2 N–H and O–H groups in total. The van der Waals surface area contributed by atoms with Gasteiger partial charge in [-0.05, 0) is 55.5 Å². The van der Waals surface area contributed by atoms with Gasteiger partial charge in [0.25, 0.3) is 11.8 Å². The zero-order valence-corrected chi connectivity index (χ0v) is 17.7. The molecule has 6 nitrogen and oxygen atoms in total. The van der Waals surface area contributed by atoms with E-state index in [-0.39, 0.29) is 5.91 Å². The van der Waals surface area contributed by atoms with E-state index in [4.69, 9.17) is 4.74 Å². The van der Waals surface area contributed by atoms with Crippen LogP contribution in [0.2, 0.25) is 0 Å². The number of hydrogen-bond acceptors (Lipinski definition) is 5. The molecule has 0 spiro atoms. The molecule has 2 amide bonds. The van der Waals surface area contributed by atoms with Crippen LogP contribution in [0.15, 0.2) is 48.5 Å². The lowest BCUT2D eigenvalue weighted by Crippen LogP contribution is -2.43. The van der Waals surface area contributed by atoms with Crippen LogP contribution in [-0.2, 0) is 14.3 Å². The molecule has 0 saturated heterocycles. The molecular formula is C22H26N2O4S. The van der Waals surface area contributed by atoms with Gasteiger partial charge in [0.1, 0.15) is 6.04 Å². The molecule has 29 heavy (non-hydrogen) atoms. The summed E-state index contributed by atoms with van der Waals surface area (Å²) >= 11 is 1.56. The van der Waals surface area contributed by atoms with E-state index in [0.717, 1.165) is 11.1 Å². The van der Waals surface area contributed by atoms with Crippen LogP contribution in [0.1, 0.15) is 27.9 Å². The quantitative estimate of drug-likeness (QED) is 0.615. The highest BCUT2D eigenvalue weighted by Crippen LogP contribution is 2.19. The molecule has 0 saturated carbocycles. The van der Waals surface area contributed by atoms with Crippen molar-refractivity contribution in [3.63, 3.8) is 0 Å². The van der Waals surface area contributed by atoms with Gasteiger partial charge in [-0.2, -0.15) is 11.8 Å². The Labute approximate surface area is 175 Å². The third kappa shape index (κ3) is 6.94. The fraction of sp³-hybridized carbons (Fsp3) is 0.318. The fourth-order valence-corrected chi connectivity index (χ4v) is 3.21. The highest BCUT2D eigenvalue weighted by molar-refractivity contribution is 7.98. The molecule has 0 aliphatic heterocycles. The summed E-state index contributed by atoms with van der Waals surface area (Å²) in [6, 6.07) is 13.5. The van der Waals surface area contributed by atoms with Crippen LogP contribution in [0.25, 0.3) is 0 Å². The van der Waals surface area contributed by atoms with E-state index >= 15 is 0 Å². The third-order valence-electron chi connectivity index (χ3n) is 4.33. The highest BCUT2D eigenvalue weighted by Gasteiger charge is 2.23. The number of rotatable bonds is 9. The monoisotopic (exact) mass is 414 g/mol. The SMILES string of the molecule is CSCC[C@H](NC(=O)c1ccccc1)C(=O)OCC(=O)Nc1c(C)cccc1C. The number of hydrogen-bond donors (Lipinski definition) is 2. The topological polar surface area (TPSA) is 84.5 Å². The Morgan fingerprint density at radius 2 is 1.66 bits per heavy atom. The summed E-state index contributed by atoms with van der Waals surface area (Å²) in [6.07, 6.45) is 2.33. The minimum Gasteiger partial charge on any atom is -0.454 e. The summed E-state index contributed by atoms with van der Waals surface area (Å²) in [4.78, 5) is 37.1. The predicted octanol–water partition coefficient (Wildman–Crippen LogP) is 3.34. The highest BCUT2D eigenvalue weighted by atomic mass is 32.2. The van der Waals surface area contributed by atoms with Gasteiger partial charge in [-0.1, -0.05) is 36.4 Å². The number of para-hydroxylation sites is 1. The Balaban J connectivity index is 1.95. The van der Waals surface area contributed by atoms with Gasteiger partial charge in [-0.15, -0.1) is 0 Å². The van der Waals surface area contributed by atoms with Crippen LogP contribution in [0.4, 0.5) is 5.69 Å². The van der Waals surface area contributed by atoms with Gasteiger partial charge in [-0.25, -0.2) is 4.79 Å². The molecule has 2 aromatic rings. The number of amides is 2. The van der Waals surface area contributed by atoms with E-state index in [0.29, 0.717) is 23.4 Å².